The zero-order valence-corrected chi connectivity index (χ0v) is 10.5. The molecule has 0 bridgehead atoms. The Morgan fingerprint density at radius 2 is 2.00 bits per heavy atom. The maximum Gasteiger partial charge on any atom is 0.573 e. The molecule has 10 heteroatoms. The fourth-order valence-electron chi connectivity index (χ4n) is 1.30. The number of rotatable bonds is 5. The van der Waals surface area contributed by atoms with Crippen molar-refractivity contribution in [2.45, 2.75) is 12.5 Å². The number of halogens is 3. The molecule has 1 unspecified atom stereocenters. The van der Waals surface area contributed by atoms with Gasteiger partial charge in [-0.1, -0.05) is 0 Å². The van der Waals surface area contributed by atoms with Crippen molar-refractivity contribution in [3.63, 3.8) is 0 Å². The standard InChI is InChI=1S/C11H12F3N3O4/c12-11(13,14)21-8-2-1-5(3-6(8)15)10(20)17-4-7(18)9(16)19/h1-3,7,18H,4,15H2,(H2,16,19)(H,17,20). The van der Waals surface area contributed by atoms with Crippen LogP contribution in [0.3, 0.4) is 0 Å². The highest BCUT2D eigenvalue weighted by Gasteiger charge is 2.32. The molecule has 0 aliphatic carbocycles. The van der Waals surface area contributed by atoms with Crippen LogP contribution in [0.2, 0.25) is 0 Å². The predicted octanol–water partition coefficient (Wildman–Crippen LogP) is -0.257. The Kier molecular flexibility index (Phi) is 4.97. The maximum atomic E-state index is 12.0. The second-order valence-corrected chi connectivity index (χ2v) is 3.93. The van der Waals surface area contributed by atoms with Gasteiger partial charge < -0.3 is 26.6 Å². The SMILES string of the molecule is NC(=O)C(O)CNC(=O)c1ccc(OC(F)(F)F)c(N)c1. The molecule has 0 aliphatic rings. The Labute approximate surface area is 116 Å². The van der Waals surface area contributed by atoms with Gasteiger partial charge in [0.05, 0.1) is 12.2 Å². The molecule has 116 valence electrons. The lowest BCUT2D eigenvalue weighted by Crippen LogP contribution is -2.40. The number of anilines is 1. The molecule has 21 heavy (non-hydrogen) atoms. The number of nitrogens with one attached hydrogen (secondary N) is 1. The van der Waals surface area contributed by atoms with Crippen LogP contribution in [-0.4, -0.2) is 35.9 Å². The first-order chi connectivity index (χ1) is 9.60. The van der Waals surface area contributed by atoms with Gasteiger partial charge in [-0.05, 0) is 18.2 Å². The number of hydrogen-bond donors (Lipinski definition) is 4. The lowest BCUT2D eigenvalue weighted by atomic mass is 10.1. The van der Waals surface area contributed by atoms with Gasteiger partial charge in [0.2, 0.25) is 5.91 Å². The van der Waals surface area contributed by atoms with Crippen LogP contribution in [-0.2, 0) is 4.79 Å². The van der Waals surface area contributed by atoms with Crippen LogP contribution >= 0.6 is 0 Å². The summed E-state index contributed by atoms with van der Waals surface area (Å²) in [6, 6.07) is 2.89. The first-order valence-electron chi connectivity index (χ1n) is 5.51. The van der Waals surface area contributed by atoms with Crippen LogP contribution in [0.25, 0.3) is 0 Å². The van der Waals surface area contributed by atoms with Gasteiger partial charge >= 0.3 is 6.36 Å². The second-order valence-electron chi connectivity index (χ2n) is 3.93. The number of ether oxygens (including phenoxy) is 1. The van der Waals surface area contributed by atoms with Gasteiger partial charge in [-0.25, -0.2) is 0 Å². The lowest BCUT2D eigenvalue weighted by Gasteiger charge is -2.12. The molecular formula is C11H12F3N3O4. The van der Waals surface area contributed by atoms with E-state index in [9.17, 15) is 22.8 Å². The van der Waals surface area contributed by atoms with Crippen molar-refractivity contribution in [2.24, 2.45) is 5.73 Å². The van der Waals surface area contributed by atoms with Crippen molar-refractivity contribution in [1.82, 2.24) is 5.32 Å². The Balaban J connectivity index is 2.75. The quantitative estimate of drug-likeness (QED) is 0.557. The van der Waals surface area contributed by atoms with Crippen LogP contribution < -0.4 is 21.5 Å². The van der Waals surface area contributed by atoms with E-state index in [2.05, 4.69) is 10.1 Å². The second kappa shape index (κ2) is 6.31. The zero-order chi connectivity index (χ0) is 16.2. The van der Waals surface area contributed by atoms with Gasteiger partial charge in [-0.15, -0.1) is 13.2 Å². The normalized spacial score (nSPS) is 12.6. The van der Waals surface area contributed by atoms with Crippen LogP contribution in [0.5, 0.6) is 5.75 Å². The van der Waals surface area contributed by atoms with E-state index in [-0.39, 0.29) is 5.56 Å². The van der Waals surface area contributed by atoms with E-state index in [1.54, 1.807) is 0 Å². The maximum absolute atomic E-state index is 12.0. The molecule has 0 spiro atoms. The molecule has 0 aromatic heterocycles. The average Bonchev–Trinajstić information content (AvgIpc) is 2.36. The Hall–Kier alpha value is -2.49. The number of amides is 2. The van der Waals surface area contributed by atoms with Crippen LogP contribution in [0.4, 0.5) is 18.9 Å². The van der Waals surface area contributed by atoms with E-state index in [0.29, 0.717) is 0 Å². The number of hydrogen-bond acceptors (Lipinski definition) is 5. The average molecular weight is 307 g/mol. The molecule has 0 radical (unpaired) electrons. The summed E-state index contributed by atoms with van der Waals surface area (Å²) >= 11 is 0. The molecule has 1 aromatic carbocycles. The van der Waals surface area contributed by atoms with E-state index in [4.69, 9.17) is 16.6 Å². The fourth-order valence-corrected chi connectivity index (χ4v) is 1.30. The minimum atomic E-state index is -4.90. The molecule has 1 aromatic rings. The van der Waals surface area contributed by atoms with Gasteiger partial charge in [-0.2, -0.15) is 0 Å². The molecular weight excluding hydrogens is 295 g/mol. The molecule has 0 fully saturated rings. The highest BCUT2D eigenvalue weighted by molar-refractivity contribution is 5.95. The van der Waals surface area contributed by atoms with Crippen molar-refractivity contribution in [1.29, 1.82) is 0 Å². The van der Waals surface area contributed by atoms with Crippen LogP contribution in [0.15, 0.2) is 18.2 Å². The number of benzene rings is 1. The van der Waals surface area contributed by atoms with E-state index in [1.165, 1.54) is 0 Å². The molecule has 0 aliphatic heterocycles. The predicted molar refractivity (Wildman–Crippen MR) is 65.1 cm³/mol. The third kappa shape index (κ3) is 5.18. The highest BCUT2D eigenvalue weighted by atomic mass is 19.4. The van der Waals surface area contributed by atoms with Crippen LogP contribution in [0.1, 0.15) is 10.4 Å². The van der Waals surface area contributed by atoms with Gasteiger partial charge in [0.15, 0.2) is 5.75 Å². The van der Waals surface area contributed by atoms with Crippen molar-refractivity contribution >= 4 is 17.5 Å². The molecule has 1 atom stereocenters. The molecule has 7 nitrogen and oxygen atoms in total. The Bertz CT molecular complexity index is 548. The van der Waals surface area contributed by atoms with E-state index in [0.717, 1.165) is 18.2 Å². The number of primary amides is 1. The third-order valence-electron chi connectivity index (χ3n) is 2.28. The third-order valence-corrected chi connectivity index (χ3v) is 2.28. The summed E-state index contributed by atoms with van der Waals surface area (Å²) < 4.78 is 39.8. The molecule has 0 saturated heterocycles. The number of nitrogens with two attached hydrogens (primary N) is 2. The molecule has 0 saturated carbocycles. The van der Waals surface area contributed by atoms with E-state index in [1.807, 2.05) is 0 Å². The van der Waals surface area contributed by atoms with Crippen molar-refractivity contribution in [3.8, 4) is 5.75 Å². The van der Waals surface area contributed by atoms with Gasteiger partial charge in [0.1, 0.15) is 6.10 Å². The Morgan fingerprint density at radius 1 is 1.38 bits per heavy atom. The van der Waals surface area contributed by atoms with Crippen molar-refractivity contribution in [2.75, 3.05) is 12.3 Å². The summed E-state index contributed by atoms with van der Waals surface area (Å²) in [6.45, 7) is -0.436. The lowest BCUT2D eigenvalue weighted by molar-refractivity contribution is -0.274. The Morgan fingerprint density at radius 3 is 2.48 bits per heavy atom. The number of carbonyl (C=O) groups is 2. The number of aliphatic hydroxyl groups is 1. The molecule has 0 heterocycles. The van der Waals surface area contributed by atoms with Gasteiger partial charge in [-0.3, -0.25) is 9.59 Å². The summed E-state index contributed by atoms with van der Waals surface area (Å²) in [6.07, 6.45) is -6.47. The smallest absolute Gasteiger partial charge is 0.404 e. The minimum absolute atomic E-state index is 0.0707. The summed E-state index contributed by atoms with van der Waals surface area (Å²) in [5.41, 5.74) is 9.66. The van der Waals surface area contributed by atoms with E-state index >= 15 is 0 Å². The molecule has 1 rings (SSSR count). The number of carbonyl (C=O) groups excluding carboxylic acids is 2. The number of alkyl halides is 3. The first kappa shape index (κ1) is 16.6. The van der Waals surface area contributed by atoms with Crippen molar-refractivity contribution in [3.05, 3.63) is 23.8 Å². The molecule has 2 amide bonds. The monoisotopic (exact) mass is 307 g/mol. The summed E-state index contributed by atoms with van der Waals surface area (Å²) in [5, 5.41) is 11.3. The summed E-state index contributed by atoms with van der Waals surface area (Å²) in [5.74, 6) is -2.42. The van der Waals surface area contributed by atoms with E-state index < -0.39 is 42.3 Å². The topological polar surface area (TPSA) is 128 Å². The van der Waals surface area contributed by atoms with Gasteiger partial charge in [0.25, 0.3) is 5.91 Å². The van der Waals surface area contributed by atoms with Gasteiger partial charge in [0, 0.05) is 5.56 Å². The van der Waals surface area contributed by atoms with Crippen molar-refractivity contribution < 1.29 is 32.6 Å². The summed E-state index contributed by atoms with van der Waals surface area (Å²) in [7, 11) is 0. The zero-order valence-electron chi connectivity index (χ0n) is 10.5. The fraction of sp³-hybridized carbons (Fsp3) is 0.273. The largest absolute Gasteiger partial charge is 0.573 e. The number of nitrogen functional groups attached to an aromatic ring is 1. The summed E-state index contributed by atoms with van der Waals surface area (Å²) in [4.78, 5) is 22.2. The van der Waals surface area contributed by atoms with Crippen LogP contribution in [0, 0.1) is 0 Å². The molecule has 6 N–H and O–H groups in total. The highest BCUT2D eigenvalue weighted by Crippen LogP contribution is 2.28. The first-order valence-corrected chi connectivity index (χ1v) is 5.51. The number of aliphatic hydroxyl groups excluding tert-OH is 1. The minimum Gasteiger partial charge on any atom is -0.404 e.